The van der Waals surface area contributed by atoms with E-state index in [1.165, 1.54) is 0 Å². The Hall–Kier alpha value is -1.88. The maximum absolute atomic E-state index is 12.7. The fourth-order valence-electron chi connectivity index (χ4n) is 3.87. The number of piperidine rings is 1. The van der Waals surface area contributed by atoms with E-state index in [0.29, 0.717) is 11.5 Å². The summed E-state index contributed by atoms with van der Waals surface area (Å²) in [6.07, 6.45) is 4.93. The summed E-state index contributed by atoms with van der Waals surface area (Å²) in [5.41, 5.74) is 8.40. The number of carbonyl (C=O) groups excluding carboxylic acids is 2. The molecule has 5 nitrogen and oxygen atoms in total. The molecule has 2 atom stereocenters. The third kappa shape index (κ3) is 4.03. The summed E-state index contributed by atoms with van der Waals surface area (Å²) >= 11 is 0. The summed E-state index contributed by atoms with van der Waals surface area (Å²) in [7, 11) is 0. The molecule has 5 heteroatoms. The number of rotatable bonds is 3. The molecule has 2 aliphatic rings. The summed E-state index contributed by atoms with van der Waals surface area (Å²) < 4.78 is 0. The minimum absolute atomic E-state index is 0.00260. The van der Waals surface area contributed by atoms with Gasteiger partial charge in [0.25, 0.3) is 5.91 Å². The summed E-state index contributed by atoms with van der Waals surface area (Å²) in [5.74, 6) is 0.685. The topological polar surface area (TPSA) is 75.4 Å². The molecule has 0 radical (unpaired) electrons. The molecule has 1 heterocycles. The zero-order valence-electron chi connectivity index (χ0n) is 15.3. The summed E-state index contributed by atoms with van der Waals surface area (Å²) in [5, 5.41) is 2.99. The van der Waals surface area contributed by atoms with E-state index in [4.69, 9.17) is 5.73 Å². The van der Waals surface area contributed by atoms with E-state index in [0.717, 1.165) is 56.4 Å². The molecule has 1 aromatic carbocycles. The van der Waals surface area contributed by atoms with Gasteiger partial charge in [-0.05, 0) is 62.3 Å². The first-order chi connectivity index (χ1) is 12.0. The Balaban J connectivity index is 1.66. The van der Waals surface area contributed by atoms with Crippen LogP contribution < -0.4 is 11.1 Å². The number of likely N-dealkylation sites (tertiary alicyclic amines) is 1. The quantitative estimate of drug-likeness (QED) is 0.886. The molecule has 2 amide bonds. The summed E-state index contributed by atoms with van der Waals surface area (Å²) in [4.78, 5) is 27.0. The smallest absolute Gasteiger partial charge is 0.253 e. The van der Waals surface area contributed by atoms with E-state index >= 15 is 0 Å². The molecule has 136 valence electrons. The van der Waals surface area contributed by atoms with Crippen LogP contribution in [0.25, 0.3) is 0 Å². The van der Waals surface area contributed by atoms with Crippen LogP contribution in [-0.4, -0.2) is 35.8 Å². The van der Waals surface area contributed by atoms with Gasteiger partial charge in [0, 0.05) is 30.4 Å². The van der Waals surface area contributed by atoms with Gasteiger partial charge >= 0.3 is 0 Å². The van der Waals surface area contributed by atoms with Gasteiger partial charge in [-0.3, -0.25) is 9.59 Å². The molecule has 1 aromatic rings. The molecule has 0 bridgehead atoms. The van der Waals surface area contributed by atoms with Gasteiger partial charge in [-0.2, -0.15) is 0 Å². The Morgan fingerprint density at radius 2 is 1.88 bits per heavy atom. The second kappa shape index (κ2) is 7.56. The number of amides is 2. The van der Waals surface area contributed by atoms with E-state index in [9.17, 15) is 9.59 Å². The standard InChI is InChI=1S/C20H29N3O2/c1-13-8-10-23(11-9-13)20(25)15-6-7-18(14(2)12-15)22-19(24)16-4-3-5-17(16)21/h6-7,12-13,16-17H,3-5,8-11,21H2,1-2H3,(H,22,24). The molecular weight excluding hydrogens is 314 g/mol. The van der Waals surface area contributed by atoms with Crippen molar-refractivity contribution >= 4 is 17.5 Å². The number of benzene rings is 1. The first kappa shape index (κ1) is 17.9. The van der Waals surface area contributed by atoms with Crippen molar-refractivity contribution in [2.24, 2.45) is 17.6 Å². The average Bonchev–Trinajstić information content (AvgIpc) is 3.03. The van der Waals surface area contributed by atoms with Crippen LogP contribution in [0.2, 0.25) is 0 Å². The predicted octanol–water partition coefficient (Wildman–Crippen LogP) is 2.93. The lowest BCUT2D eigenvalue weighted by molar-refractivity contribution is -0.120. The van der Waals surface area contributed by atoms with Gasteiger partial charge in [-0.15, -0.1) is 0 Å². The van der Waals surface area contributed by atoms with Crippen LogP contribution in [0.5, 0.6) is 0 Å². The Labute approximate surface area is 150 Å². The second-order valence-corrected chi connectivity index (χ2v) is 7.69. The highest BCUT2D eigenvalue weighted by molar-refractivity contribution is 5.97. The molecule has 1 aliphatic carbocycles. The average molecular weight is 343 g/mol. The van der Waals surface area contributed by atoms with Crippen LogP contribution in [0.15, 0.2) is 18.2 Å². The minimum atomic E-state index is -0.101. The van der Waals surface area contributed by atoms with Gasteiger partial charge in [0.1, 0.15) is 0 Å². The van der Waals surface area contributed by atoms with Gasteiger partial charge in [0.15, 0.2) is 0 Å². The van der Waals surface area contributed by atoms with Gasteiger partial charge in [0.05, 0.1) is 5.92 Å². The molecule has 25 heavy (non-hydrogen) atoms. The van der Waals surface area contributed by atoms with Gasteiger partial charge in [0.2, 0.25) is 5.91 Å². The Kier molecular flexibility index (Phi) is 5.42. The zero-order chi connectivity index (χ0) is 18.0. The first-order valence-electron chi connectivity index (χ1n) is 9.42. The number of anilines is 1. The normalized spacial score (nSPS) is 24.4. The van der Waals surface area contributed by atoms with Crippen molar-refractivity contribution in [2.75, 3.05) is 18.4 Å². The van der Waals surface area contributed by atoms with E-state index in [-0.39, 0.29) is 23.8 Å². The Bertz CT molecular complexity index is 650. The monoisotopic (exact) mass is 343 g/mol. The van der Waals surface area contributed by atoms with Crippen molar-refractivity contribution in [3.63, 3.8) is 0 Å². The van der Waals surface area contributed by atoms with Crippen LogP contribution in [0.3, 0.4) is 0 Å². The lowest BCUT2D eigenvalue weighted by atomic mass is 9.98. The molecule has 2 fully saturated rings. The van der Waals surface area contributed by atoms with Crippen molar-refractivity contribution < 1.29 is 9.59 Å². The maximum Gasteiger partial charge on any atom is 0.253 e. The number of hydrogen-bond acceptors (Lipinski definition) is 3. The SMILES string of the molecule is Cc1cc(C(=O)N2CCC(C)CC2)ccc1NC(=O)C1CCCC1N. The molecule has 1 saturated carbocycles. The zero-order valence-corrected chi connectivity index (χ0v) is 15.3. The van der Waals surface area contributed by atoms with E-state index in [2.05, 4.69) is 12.2 Å². The van der Waals surface area contributed by atoms with Crippen molar-refractivity contribution in [3.05, 3.63) is 29.3 Å². The Morgan fingerprint density at radius 1 is 1.16 bits per heavy atom. The summed E-state index contributed by atoms with van der Waals surface area (Å²) in [6, 6.07) is 5.50. The predicted molar refractivity (Wildman–Crippen MR) is 99.4 cm³/mol. The minimum Gasteiger partial charge on any atom is -0.339 e. The van der Waals surface area contributed by atoms with Crippen molar-refractivity contribution in [1.82, 2.24) is 4.90 Å². The van der Waals surface area contributed by atoms with Crippen LogP contribution in [0.4, 0.5) is 5.69 Å². The lowest BCUT2D eigenvalue weighted by Gasteiger charge is -2.30. The highest BCUT2D eigenvalue weighted by Crippen LogP contribution is 2.27. The molecular formula is C20H29N3O2. The second-order valence-electron chi connectivity index (χ2n) is 7.69. The molecule has 1 saturated heterocycles. The number of hydrogen-bond donors (Lipinski definition) is 2. The van der Waals surface area contributed by atoms with Crippen molar-refractivity contribution in [1.29, 1.82) is 0 Å². The molecule has 3 N–H and O–H groups in total. The molecule has 2 unspecified atom stereocenters. The van der Waals surface area contributed by atoms with Gasteiger partial charge in [-0.25, -0.2) is 0 Å². The van der Waals surface area contributed by atoms with Gasteiger partial charge < -0.3 is 16.0 Å². The largest absolute Gasteiger partial charge is 0.339 e. The maximum atomic E-state index is 12.7. The van der Waals surface area contributed by atoms with E-state index in [1.807, 2.05) is 30.0 Å². The first-order valence-corrected chi connectivity index (χ1v) is 9.42. The third-order valence-corrected chi connectivity index (χ3v) is 5.71. The van der Waals surface area contributed by atoms with Crippen LogP contribution >= 0.6 is 0 Å². The molecule has 0 spiro atoms. The highest BCUT2D eigenvalue weighted by atomic mass is 16.2. The highest BCUT2D eigenvalue weighted by Gasteiger charge is 2.30. The number of nitrogens with one attached hydrogen (secondary N) is 1. The van der Waals surface area contributed by atoms with Crippen LogP contribution in [0.1, 0.15) is 54.9 Å². The Morgan fingerprint density at radius 3 is 2.48 bits per heavy atom. The lowest BCUT2D eigenvalue weighted by Crippen LogP contribution is -2.38. The summed E-state index contributed by atoms with van der Waals surface area (Å²) in [6.45, 7) is 5.83. The number of nitrogens with zero attached hydrogens (tertiary/aromatic N) is 1. The van der Waals surface area contributed by atoms with Gasteiger partial charge in [-0.1, -0.05) is 13.3 Å². The third-order valence-electron chi connectivity index (χ3n) is 5.71. The van der Waals surface area contributed by atoms with Crippen LogP contribution in [0, 0.1) is 18.8 Å². The molecule has 1 aliphatic heterocycles. The van der Waals surface area contributed by atoms with Crippen molar-refractivity contribution in [2.45, 2.75) is 52.0 Å². The molecule has 3 rings (SSSR count). The van der Waals surface area contributed by atoms with E-state index in [1.54, 1.807) is 0 Å². The van der Waals surface area contributed by atoms with Crippen LogP contribution in [-0.2, 0) is 4.79 Å². The number of nitrogens with two attached hydrogens (primary N) is 1. The number of carbonyl (C=O) groups is 2. The fraction of sp³-hybridized carbons (Fsp3) is 0.600. The van der Waals surface area contributed by atoms with Crippen molar-refractivity contribution in [3.8, 4) is 0 Å². The number of aryl methyl sites for hydroxylation is 1. The van der Waals surface area contributed by atoms with E-state index < -0.39 is 0 Å². The molecule has 0 aromatic heterocycles. The fourth-order valence-corrected chi connectivity index (χ4v) is 3.87.